The minimum atomic E-state index is -0.422. The SMILES string of the molecule is CC(CO)n1cc(Nc2nccc(-c3cc(C#N)c4c(c3)CCN4C(=O)Cc3ccccc3F)n2)cn1. The average molecular weight is 498 g/mol. The highest BCUT2D eigenvalue weighted by atomic mass is 19.1. The first-order chi connectivity index (χ1) is 18.0. The molecule has 37 heavy (non-hydrogen) atoms. The third-order valence-corrected chi connectivity index (χ3v) is 6.31. The van der Waals surface area contributed by atoms with Gasteiger partial charge >= 0.3 is 0 Å². The van der Waals surface area contributed by atoms with Gasteiger partial charge < -0.3 is 15.3 Å². The minimum absolute atomic E-state index is 0.0289. The van der Waals surface area contributed by atoms with E-state index in [1.807, 2.05) is 13.0 Å². The molecule has 1 atom stereocenters. The number of aliphatic hydroxyl groups excluding tert-OH is 1. The molecular weight excluding hydrogens is 473 g/mol. The first kappa shape index (κ1) is 24.1. The van der Waals surface area contributed by atoms with Crippen LogP contribution in [0.4, 0.5) is 21.7 Å². The summed E-state index contributed by atoms with van der Waals surface area (Å²) in [7, 11) is 0. The Morgan fingerprint density at radius 2 is 2.14 bits per heavy atom. The van der Waals surface area contributed by atoms with E-state index in [1.165, 1.54) is 6.07 Å². The summed E-state index contributed by atoms with van der Waals surface area (Å²) in [6.45, 7) is 2.25. The van der Waals surface area contributed by atoms with Crippen LogP contribution in [0.15, 0.2) is 61.1 Å². The second-order valence-electron chi connectivity index (χ2n) is 8.84. The van der Waals surface area contributed by atoms with Crippen molar-refractivity contribution in [2.24, 2.45) is 0 Å². The lowest BCUT2D eigenvalue weighted by atomic mass is 10.0. The van der Waals surface area contributed by atoms with E-state index < -0.39 is 5.82 Å². The molecule has 4 aromatic rings. The maximum absolute atomic E-state index is 14.1. The van der Waals surface area contributed by atoms with E-state index in [4.69, 9.17) is 0 Å². The summed E-state index contributed by atoms with van der Waals surface area (Å²) in [6, 6.07) is 13.7. The van der Waals surface area contributed by atoms with Gasteiger partial charge in [-0.05, 0) is 48.7 Å². The Hall–Kier alpha value is -4.62. The molecule has 0 aliphatic carbocycles. The summed E-state index contributed by atoms with van der Waals surface area (Å²) in [5, 5.41) is 26.6. The molecule has 0 saturated carbocycles. The predicted molar refractivity (Wildman–Crippen MR) is 136 cm³/mol. The summed E-state index contributed by atoms with van der Waals surface area (Å²) >= 11 is 0. The molecule has 0 radical (unpaired) electrons. The van der Waals surface area contributed by atoms with Gasteiger partial charge in [0.2, 0.25) is 11.9 Å². The fraction of sp³-hybridized carbons (Fsp3) is 0.222. The number of fused-ring (bicyclic) bond motifs is 1. The molecular formula is C27H24FN7O2. The number of hydrogen-bond acceptors (Lipinski definition) is 7. The van der Waals surface area contributed by atoms with Crippen molar-refractivity contribution in [1.82, 2.24) is 19.7 Å². The van der Waals surface area contributed by atoms with Crippen LogP contribution in [0.25, 0.3) is 11.3 Å². The lowest BCUT2D eigenvalue weighted by Gasteiger charge is -2.19. The van der Waals surface area contributed by atoms with E-state index in [2.05, 4.69) is 26.5 Å². The van der Waals surface area contributed by atoms with Gasteiger partial charge in [-0.2, -0.15) is 10.4 Å². The van der Waals surface area contributed by atoms with Crippen LogP contribution in [0, 0.1) is 17.1 Å². The van der Waals surface area contributed by atoms with Crippen molar-refractivity contribution in [1.29, 1.82) is 5.26 Å². The Morgan fingerprint density at radius 1 is 1.30 bits per heavy atom. The Labute approximate surface area is 212 Å². The third-order valence-electron chi connectivity index (χ3n) is 6.31. The molecule has 5 rings (SSSR count). The first-order valence-corrected chi connectivity index (χ1v) is 11.8. The zero-order chi connectivity index (χ0) is 25.9. The second-order valence-corrected chi connectivity index (χ2v) is 8.84. The molecule has 2 N–H and O–H groups in total. The number of carbonyl (C=O) groups excluding carboxylic acids is 1. The van der Waals surface area contributed by atoms with E-state index in [9.17, 15) is 19.6 Å². The molecule has 10 heteroatoms. The summed E-state index contributed by atoms with van der Waals surface area (Å²) < 4.78 is 15.7. The van der Waals surface area contributed by atoms with E-state index in [-0.39, 0.29) is 25.0 Å². The number of anilines is 3. The number of carbonyl (C=O) groups is 1. The maximum atomic E-state index is 14.1. The number of amides is 1. The van der Waals surface area contributed by atoms with E-state index in [0.29, 0.717) is 47.1 Å². The van der Waals surface area contributed by atoms with Gasteiger partial charge in [0, 0.05) is 24.5 Å². The van der Waals surface area contributed by atoms with Gasteiger partial charge in [-0.25, -0.2) is 14.4 Å². The van der Waals surface area contributed by atoms with Gasteiger partial charge in [-0.15, -0.1) is 0 Å². The number of nitrogens with one attached hydrogen (secondary N) is 1. The summed E-state index contributed by atoms with van der Waals surface area (Å²) in [5.74, 6) is -0.318. The third kappa shape index (κ3) is 4.90. The number of nitriles is 1. The molecule has 0 bridgehead atoms. The van der Waals surface area contributed by atoms with Gasteiger partial charge in [0.1, 0.15) is 11.9 Å². The number of benzene rings is 2. The number of nitrogens with zero attached hydrogens (tertiary/aromatic N) is 6. The Morgan fingerprint density at radius 3 is 2.92 bits per heavy atom. The van der Waals surface area contributed by atoms with Gasteiger partial charge in [-0.3, -0.25) is 9.48 Å². The van der Waals surface area contributed by atoms with Crippen molar-refractivity contribution in [2.75, 3.05) is 23.4 Å². The largest absolute Gasteiger partial charge is 0.394 e. The van der Waals surface area contributed by atoms with E-state index >= 15 is 0 Å². The molecule has 0 saturated heterocycles. The molecule has 186 valence electrons. The molecule has 3 heterocycles. The lowest BCUT2D eigenvalue weighted by Crippen LogP contribution is -2.31. The standard InChI is InChI=1S/C27H24FN7O2/c1-17(16-36)35-15-22(14-31-35)32-27-30-8-6-24(33-27)20-10-19-7-9-34(26(19)21(11-20)13-29)25(37)12-18-4-2-3-5-23(18)28/h2-6,8,10-11,14-15,17,36H,7,9,12,16H2,1H3,(H,30,32,33). The highest BCUT2D eigenvalue weighted by Gasteiger charge is 2.29. The van der Waals surface area contributed by atoms with Crippen molar-refractivity contribution in [3.63, 3.8) is 0 Å². The molecule has 1 unspecified atom stereocenters. The van der Waals surface area contributed by atoms with Crippen molar-refractivity contribution in [3.05, 3.63) is 83.6 Å². The molecule has 1 amide bonds. The highest BCUT2D eigenvalue weighted by molar-refractivity contribution is 5.98. The fourth-order valence-electron chi connectivity index (χ4n) is 4.37. The highest BCUT2D eigenvalue weighted by Crippen LogP contribution is 2.36. The predicted octanol–water partition coefficient (Wildman–Crippen LogP) is 3.78. The lowest BCUT2D eigenvalue weighted by molar-refractivity contribution is -0.117. The topological polar surface area (TPSA) is 120 Å². The number of hydrogen-bond donors (Lipinski definition) is 2. The molecule has 2 aromatic heterocycles. The molecule has 1 aliphatic rings. The monoisotopic (exact) mass is 497 g/mol. The summed E-state index contributed by atoms with van der Waals surface area (Å²) in [6.07, 6.45) is 5.51. The Bertz CT molecular complexity index is 1510. The smallest absolute Gasteiger partial charge is 0.231 e. The molecule has 0 fully saturated rings. The summed E-state index contributed by atoms with van der Waals surface area (Å²) in [5.41, 5.74) is 4.15. The van der Waals surface area contributed by atoms with Crippen LogP contribution in [-0.4, -0.2) is 43.9 Å². The van der Waals surface area contributed by atoms with Crippen LogP contribution in [0.5, 0.6) is 0 Å². The van der Waals surface area contributed by atoms with Crippen LogP contribution in [-0.2, 0) is 17.6 Å². The minimum Gasteiger partial charge on any atom is -0.394 e. The zero-order valence-corrected chi connectivity index (χ0v) is 20.1. The van der Waals surface area contributed by atoms with Crippen LogP contribution in [0.2, 0.25) is 0 Å². The normalized spacial score (nSPS) is 13.2. The van der Waals surface area contributed by atoms with Gasteiger partial charge in [0.15, 0.2) is 0 Å². The van der Waals surface area contributed by atoms with Crippen molar-refractivity contribution in [2.45, 2.75) is 25.8 Å². The van der Waals surface area contributed by atoms with Crippen molar-refractivity contribution < 1.29 is 14.3 Å². The average Bonchev–Trinajstić information content (AvgIpc) is 3.56. The number of aliphatic hydroxyl groups is 1. The maximum Gasteiger partial charge on any atom is 0.231 e. The van der Waals surface area contributed by atoms with E-state index in [1.54, 1.807) is 58.5 Å². The van der Waals surface area contributed by atoms with Crippen LogP contribution >= 0.6 is 0 Å². The van der Waals surface area contributed by atoms with E-state index in [0.717, 1.165) is 11.1 Å². The molecule has 0 spiro atoms. The molecule has 9 nitrogen and oxygen atoms in total. The second kappa shape index (κ2) is 10.2. The number of rotatable bonds is 7. The van der Waals surface area contributed by atoms with Gasteiger partial charge in [0.05, 0.1) is 47.9 Å². The quantitative estimate of drug-likeness (QED) is 0.399. The van der Waals surface area contributed by atoms with Crippen LogP contribution in [0.1, 0.15) is 29.7 Å². The number of aromatic nitrogens is 4. The van der Waals surface area contributed by atoms with Gasteiger partial charge in [-0.1, -0.05) is 18.2 Å². The first-order valence-electron chi connectivity index (χ1n) is 11.8. The van der Waals surface area contributed by atoms with Crippen molar-refractivity contribution in [3.8, 4) is 17.3 Å². The molecule has 1 aliphatic heterocycles. The van der Waals surface area contributed by atoms with Crippen LogP contribution in [0.3, 0.4) is 0 Å². The molecule has 2 aromatic carbocycles. The Kier molecular flexibility index (Phi) is 6.62. The Balaban J connectivity index is 1.40. The van der Waals surface area contributed by atoms with Crippen LogP contribution < -0.4 is 10.2 Å². The number of halogens is 1. The van der Waals surface area contributed by atoms with Gasteiger partial charge in [0.25, 0.3) is 0 Å². The fourth-order valence-corrected chi connectivity index (χ4v) is 4.37. The summed E-state index contributed by atoms with van der Waals surface area (Å²) in [4.78, 5) is 23.5. The van der Waals surface area contributed by atoms with Crippen molar-refractivity contribution >= 4 is 23.2 Å². The zero-order valence-electron chi connectivity index (χ0n) is 20.1.